The monoisotopic (exact) mass is 327 g/mol. The summed E-state index contributed by atoms with van der Waals surface area (Å²) >= 11 is 0. The molecule has 0 aliphatic carbocycles. The number of benzene rings is 2. The number of rotatable bonds is 6. The molecule has 0 heterocycles. The number of hydrogen-bond acceptors (Lipinski definition) is 3. The second kappa shape index (κ2) is 7.39. The highest BCUT2D eigenvalue weighted by atomic mass is 16.5. The standard InChI is InChI=1S/C20H25NO3/c1-14-8-6-7-9-15(14)12-19(22)21-20(2,3)16-10-11-17(23-4)18(13-16)24-5/h6-11,13H,12H2,1-5H3,(H,21,22). The van der Waals surface area contributed by atoms with Crippen molar-refractivity contribution in [2.75, 3.05) is 14.2 Å². The van der Waals surface area contributed by atoms with Crippen LogP contribution in [0.3, 0.4) is 0 Å². The molecule has 4 nitrogen and oxygen atoms in total. The molecule has 0 spiro atoms. The van der Waals surface area contributed by atoms with Crippen LogP contribution in [0.4, 0.5) is 0 Å². The van der Waals surface area contributed by atoms with Gasteiger partial charge in [-0.25, -0.2) is 0 Å². The Hall–Kier alpha value is -2.49. The summed E-state index contributed by atoms with van der Waals surface area (Å²) in [6, 6.07) is 13.6. The van der Waals surface area contributed by atoms with Gasteiger partial charge >= 0.3 is 0 Å². The van der Waals surface area contributed by atoms with E-state index < -0.39 is 5.54 Å². The SMILES string of the molecule is COc1ccc(C(C)(C)NC(=O)Cc2ccccc2C)cc1OC. The summed E-state index contributed by atoms with van der Waals surface area (Å²) in [5.74, 6) is 1.31. The van der Waals surface area contributed by atoms with Crippen LogP contribution in [0.25, 0.3) is 0 Å². The molecule has 1 amide bonds. The lowest BCUT2D eigenvalue weighted by Gasteiger charge is -2.28. The van der Waals surface area contributed by atoms with Gasteiger partial charge in [-0.15, -0.1) is 0 Å². The summed E-state index contributed by atoms with van der Waals surface area (Å²) in [4.78, 5) is 12.5. The second-order valence-corrected chi connectivity index (χ2v) is 6.35. The molecule has 0 atom stereocenters. The molecule has 0 aliphatic rings. The average molecular weight is 327 g/mol. The van der Waals surface area contributed by atoms with E-state index in [2.05, 4.69) is 5.32 Å². The van der Waals surface area contributed by atoms with E-state index in [0.717, 1.165) is 16.7 Å². The predicted octanol–water partition coefficient (Wildman–Crippen LogP) is 3.61. The van der Waals surface area contributed by atoms with Crippen LogP contribution < -0.4 is 14.8 Å². The third-order valence-electron chi connectivity index (χ3n) is 4.17. The van der Waals surface area contributed by atoms with Crippen LogP contribution in [-0.2, 0) is 16.8 Å². The Kier molecular flexibility index (Phi) is 5.50. The van der Waals surface area contributed by atoms with Gasteiger partial charge in [-0.05, 0) is 49.6 Å². The smallest absolute Gasteiger partial charge is 0.225 e. The molecule has 0 bridgehead atoms. The first kappa shape index (κ1) is 17.9. The van der Waals surface area contributed by atoms with Crippen LogP contribution in [0.5, 0.6) is 11.5 Å². The quantitative estimate of drug-likeness (QED) is 0.882. The minimum atomic E-state index is -0.515. The molecule has 2 aromatic carbocycles. The highest BCUT2D eigenvalue weighted by Crippen LogP contribution is 2.32. The zero-order valence-electron chi connectivity index (χ0n) is 15.0. The number of carbonyl (C=O) groups excluding carboxylic acids is 1. The summed E-state index contributed by atoms with van der Waals surface area (Å²) in [7, 11) is 3.21. The van der Waals surface area contributed by atoms with Crippen molar-refractivity contribution in [2.45, 2.75) is 32.7 Å². The molecule has 0 saturated heterocycles. The van der Waals surface area contributed by atoms with Gasteiger partial charge in [0.15, 0.2) is 11.5 Å². The number of carbonyl (C=O) groups is 1. The van der Waals surface area contributed by atoms with Crippen LogP contribution in [-0.4, -0.2) is 20.1 Å². The van der Waals surface area contributed by atoms with Gasteiger partial charge in [0, 0.05) is 0 Å². The molecule has 128 valence electrons. The maximum Gasteiger partial charge on any atom is 0.225 e. The van der Waals surface area contributed by atoms with Crippen molar-refractivity contribution in [1.82, 2.24) is 5.32 Å². The van der Waals surface area contributed by atoms with E-state index in [1.165, 1.54) is 0 Å². The fourth-order valence-electron chi connectivity index (χ4n) is 2.67. The Morgan fingerprint density at radius 2 is 1.71 bits per heavy atom. The summed E-state index contributed by atoms with van der Waals surface area (Å²) < 4.78 is 10.6. The lowest BCUT2D eigenvalue weighted by molar-refractivity contribution is -0.122. The Morgan fingerprint density at radius 1 is 1.04 bits per heavy atom. The van der Waals surface area contributed by atoms with Gasteiger partial charge < -0.3 is 14.8 Å². The third kappa shape index (κ3) is 4.07. The second-order valence-electron chi connectivity index (χ2n) is 6.35. The number of amides is 1. The first-order chi connectivity index (χ1) is 11.4. The Labute approximate surface area is 143 Å². The fourth-order valence-corrected chi connectivity index (χ4v) is 2.67. The van der Waals surface area contributed by atoms with Gasteiger partial charge in [0.1, 0.15) is 0 Å². The fraction of sp³-hybridized carbons (Fsp3) is 0.350. The van der Waals surface area contributed by atoms with E-state index in [9.17, 15) is 4.79 Å². The van der Waals surface area contributed by atoms with Gasteiger partial charge in [-0.3, -0.25) is 4.79 Å². The predicted molar refractivity (Wildman–Crippen MR) is 95.6 cm³/mol. The van der Waals surface area contributed by atoms with Gasteiger partial charge in [0.2, 0.25) is 5.91 Å². The molecule has 0 radical (unpaired) electrons. The minimum absolute atomic E-state index is 0.0101. The number of methoxy groups -OCH3 is 2. The van der Waals surface area contributed by atoms with Gasteiger partial charge in [-0.2, -0.15) is 0 Å². The highest BCUT2D eigenvalue weighted by molar-refractivity contribution is 5.79. The molecule has 4 heteroatoms. The van der Waals surface area contributed by atoms with Crippen LogP contribution in [0.2, 0.25) is 0 Å². The average Bonchev–Trinajstić information content (AvgIpc) is 2.55. The van der Waals surface area contributed by atoms with E-state index in [1.807, 2.05) is 63.2 Å². The normalized spacial score (nSPS) is 11.0. The maximum atomic E-state index is 12.5. The summed E-state index contributed by atoms with van der Waals surface area (Å²) in [6.07, 6.45) is 0.364. The zero-order chi connectivity index (χ0) is 17.7. The Bertz CT molecular complexity index is 723. The molecule has 0 aliphatic heterocycles. The van der Waals surface area contributed by atoms with Crippen molar-refractivity contribution in [3.05, 3.63) is 59.2 Å². The van der Waals surface area contributed by atoms with Crippen LogP contribution in [0.1, 0.15) is 30.5 Å². The van der Waals surface area contributed by atoms with Gasteiger partial charge in [0.25, 0.3) is 0 Å². The molecule has 2 rings (SSSR count). The van der Waals surface area contributed by atoms with Gasteiger partial charge in [-0.1, -0.05) is 30.3 Å². The molecule has 2 aromatic rings. The van der Waals surface area contributed by atoms with Crippen molar-refractivity contribution >= 4 is 5.91 Å². The maximum absolute atomic E-state index is 12.5. The van der Waals surface area contributed by atoms with Gasteiger partial charge in [0.05, 0.1) is 26.2 Å². The van der Waals surface area contributed by atoms with Crippen molar-refractivity contribution in [3.63, 3.8) is 0 Å². The Balaban J connectivity index is 2.15. The number of nitrogens with one attached hydrogen (secondary N) is 1. The molecular weight excluding hydrogens is 302 g/mol. The molecule has 0 aromatic heterocycles. The van der Waals surface area contributed by atoms with Crippen molar-refractivity contribution in [1.29, 1.82) is 0 Å². The van der Waals surface area contributed by atoms with Crippen molar-refractivity contribution in [3.8, 4) is 11.5 Å². The topological polar surface area (TPSA) is 47.6 Å². The van der Waals surface area contributed by atoms with Crippen molar-refractivity contribution < 1.29 is 14.3 Å². The molecule has 0 fully saturated rings. The first-order valence-electron chi connectivity index (χ1n) is 7.95. The van der Waals surface area contributed by atoms with E-state index in [0.29, 0.717) is 17.9 Å². The van der Waals surface area contributed by atoms with Crippen LogP contribution in [0.15, 0.2) is 42.5 Å². The summed E-state index contributed by atoms with van der Waals surface area (Å²) in [5, 5.41) is 3.10. The zero-order valence-corrected chi connectivity index (χ0v) is 15.0. The highest BCUT2D eigenvalue weighted by Gasteiger charge is 2.24. The molecule has 0 saturated carbocycles. The number of ether oxygens (including phenoxy) is 2. The number of hydrogen-bond donors (Lipinski definition) is 1. The molecule has 0 unspecified atom stereocenters. The third-order valence-corrected chi connectivity index (χ3v) is 4.17. The number of aryl methyl sites for hydroxylation is 1. The van der Waals surface area contributed by atoms with E-state index in [4.69, 9.17) is 9.47 Å². The van der Waals surface area contributed by atoms with E-state index >= 15 is 0 Å². The van der Waals surface area contributed by atoms with E-state index in [1.54, 1.807) is 14.2 Å². The van der Waals surface area contributed by atoms with Crippen LogP contribution in [0, 0.1) is 6.92 Å². The molecule has 24 heavy (non-hydrogen) atoms. The summed E-state index contributed by atoms with van der Waals surface area (Å²) in [6.45, 7) is 5.97. The molecular formula is C20H25NO3. The minimum Gasteiger partial charge on any atom is -0.493 e. The molecule has 1 N–H and O–H groups in total. The van der Waals surface area contributed by atoms with Crippen LogP contribution >= 0.6 is 0 Å². The largest absolute Gasteiger partial charge is 0.493 e. The van der Waals surface area contributed by atoms with E-state index in [-0.39, 0.29) is 5.91 Å². The lowest BCUT2D eigenvalue weighted by Crippen LogP contribution is -2.41. The lowest BCUT2D eigenvalue weighted by atomic mass is 9.93. The van der Waals surface area contributed by atoms with Crippen molar-refractivity contribution in [2.24, 2.45) is 0 Å². The first-order valence-corrected chi connectivity index (χ1v) is 7.95. The summed E-state index contributed by atoms with van der Waals surface area (Å²) in [5.41, 5.74) is 2.60. The Morgan fingerprint density at radius 3 is 2.33 bits per heavy atom.